The molecule has 0 spiro atoms. The molecule has 0 bridgehead atoms. The van der Waals surface area contributed by atoms with Crippen LogP contribution in [0.5, 0.6) is 11.5 Å². The molecule has 0 saturated heterocycles. The summed E-state index contributed by atoms with van der Waals surface area (Å²) in [6, 6.07) is 14.2. The summed E-state index contributed by atoms with van der Waals surface area (Å²) < 4.78 is 32.9. The number of amides is 1. The van der Waals surface area contributed by atoms with Gasteiger partial charge in [0.15, 0.2) is 0 Å². The minimum absolute atomic E-state index is 0.0444. The van der Waals surface area contributed by atoms with Crippen LogP contribution in [-0.4, -0.2) is 20.4 Å². The highest BCUT2D eigenvalue weighted by molar-refractivity contribution is 7.89. The molecular formula is C18H22N2O4S. The first-order valence-corrected chi connectivity index (χ1v) is 9.41. The number of benzene rings is 2. The lowest BCUT2D eigenvalue weighted by Crippen LogP contribution is -2.45. The standard InChI is InChI=1S/C18H22N2O4S/c1-13(2)12-17(18(19)21)20-25(22,23)16-10-8-15(9-11-16)24-14-6-4-3-5-7-14/h3-11,13,17,20H,12H2,1-2H3,(H2,19,21). The molecule has 2 aromatic rings. The molecule has 1 atom stereocenters. The summed E-state index contributed by atoms with van der Waals surface area (Å²) in [6.45, 7) is 3.78. The van der Waals surface area contributed by atoms with Gasteiger partial charge in [0.25, 0.3) is 0 Å². The Morgan fingerprint density at radius 3 is 2.12 bits per heavy atom. The fourth-order valence-electron chi connectivity index (χ4n) is 2.26. The number of ether oxygens (including phenoxy) is 1. The fourth-order valence-corrected chi connectivity index (χ4v) is 3.48. The van der Waals surface area contributed by atoms with Crippen LogP contribution in [0.3, 0.4) is 0 Å². The van der Waals surface area contributed by atoms with E-state index in [1.54, 1.807) is 24.3 Å². The Bertz CT molecular complexity index is 803. The summed E-state index contributed by atoms with van der Waals surface area (Å²) >= 11 is 0. The number of para-hydroxylation sites is 1. The van der Waals surface area contributed by atoms with E-state index in [9.17, 15) is 13.2 Å². The van der Waals surface area contributed by atoms with Crippen molar-refractivity contribution in [1.29, 1.82) is 0 Å². The zero-order chi connectivity index (χ0) is 18.4. The first-order chi connectivity index (χ1) is 11.8. The predicted octanol–water partition coefficient (Wildman–Crippen LogP) is 2.66. The highest BCUT2D eigenvalue weighted by Crippen LogP contribution is 2.22. The third kappa shape index (κ3) is 5.58. The van der Waals surface area contributed by atoms with Crippen molar-refractivity contribution in [1.82, 2.24) is 4.72 Å². The maximum Gasteiger partial charge on any atom is 0.241 e. The van der Waals surface area contributed by atoms with Gasteiger partial charge in [0, 0.05) is 0 Å². The highest BCUT2D eigenvalue weighted by Gasteiger charge is 2.24. The second-order valence-corrected chi connectivity index (χ2v) is 7.81. The lowest BCUT2D eigenvalue weighted by molar-refractivity contribution is -0.119. The second-order valence-electron chi connectivity index (χ2n) is 6.09. The Morgan fingerprint density at radius 1 is 1.04 bits per heavy atom. The molecule has 0 saturated carbocycles. The van der Waals surface area contributed by atoms with E-state index in [4.69, 9.17) is 10.5 Å². The SMILES string of the molecule is CC(C)CC(NS(=O)(=O)c1ccc(Oc2ccccc2)cc1)C(N)=O. The van der Waals surface area contributed by atoms with Crippen LogP contribution < -0.4 is 15.2 Å². The Hall–Kier alpha value is -2.38. The molecule has 3 N–H and O–H groups in total. The third-order valence-electron chi connectivity index (χ3n) is 3.46. The van der Waals surface area contributed by atoms with E-state index in [1.807, 2.05) is 32.0 Å². The number of hydrogen-bond acceptors (Lipinski definition) is 4. The topological polar surface area (TPSA) is 98.5 Å². The molecule has 2 aromatic carbocycles. The number of carbonyl (C=O) groups is 1. The smallest absolute Gasteiger partial charge is 0.241 e. The Labute approximate surface area is 148 Å². The highest BCUT2D eigenvalue weighted by atomic mass is 32.2. The van der Waals surface area contributed by atoms with Gasteiger partial charge in [0.05, 0.1) is 4.90 Å². The van der Waals surface area contributed by atoms with Gasteiger partial charge in [-0.15, -0.1) is 0 Å². The minimum atomic E-state index is -3.85. The largest absolute Gasteiger partial charge is 0.457 e. The van der Waals surface area contributed by atoms with Crippen LogP contribution >= 0.6 is 0 Å². The van der Waals surface area contributed by atoms with Crippen LogP contribution in [0.25, 0.3) is 0 Å². The molecule has 1 amide bonds. The van der Waals surface area contributed by atoms with E-state index < -0.39 is 22.0 Å². The van der Waals surface area contributed by atoms with Gasteiger partial charge in [-0.2, -0.15) is 4.72 Å². The van der Waals surface area contributed by atoms with Crippen LogP contribution in [-0.2, 0) is 14.8 Å². The number of primary amides is 1. The van der Waals surface area contributed by atoms with Crippen molar-refractivity contribution in [3.05, 3.63) is 54.6 Å². The lowest BCUT2D eigenvalue weighted by atomic mass is 10.0. The van der Waals surface area contributed by atoms with E-state index in [-0.39, 0.29) is 10.8 Å². The van der Waals surface area contributed by atoms with Crippen molar-refractivity contribution in [2.24, 2.45) is 11.7 Å². The maximum absolute atomic E-state index is 12.4. The van der Waals surface area contributed by atoms with Crippen molar-refractivity contribution in [3.63, 3.8) is 0 Å². The van der Waals surface area contributed by atoms with Crippen LogP contribution in [0, 0.1) is 5.92 Å². The van der Waals surface area contributed by atoms with E-state index in [2.05, 4.69) is 4.72 Å². The summed E-state index contributed by atoms with van der Waals surface area (Å²) in [5.41, 5.74) is 5.29. The minimum Gasteiger partial charge on any atom is -0.457 e. The fraction of sp³-hybridized carbons (Fsp3) is 0.278. The molecule has 134 valence electrons. The van der Waals surface area contributed by atoms with Gasteiger partial charge in [-0.3, -0.25) is 4.79 Å². The first kappa shape index (κ1) is 19.0. The summed E-state index contributed by atoms with van der Waals surface area (Å²) in [5.74, 6) is 0.601. The molecule has 0 aliphatic carbocycles. The molecule has 6 nitrogen and oxygen atoms in total. The number of nitrogens with one attached hydrogen (secondary N) is 1. The average molecular weight is 362 g/mol. The summed E-state index contributed by atoms with van der Waals surface area (Å²) in [7, 11) is -3.85. The number of carbonyl (C=O) groups excluding carboxylic acids is 1. The Balaban J connectivity index is 2.12. The van der Waals surface area contributed by atoms with E-state index in [0.717, 1.165) is 0 Å². The maximum atomic E-state index is 12.4. The zero-order valence-electron chi connectivity index (χ0n) is 14.2. The van der Waals surface area contributed by atoms with Crippen LogP contribution in [0.4, 0.5) is 0 Å². The Kier molecular flexibility index (Phi) is 6.17. The number of sulfonamides is 1. The molecule has 0 aliphatic heterocycles. The molecule has 1 unspecified atom stereocenters. The van der Waals surface area contributed by atoms with E-state index >= 15 is 0 Å². The molecule has 7 heteroatoms. The molecular weight excluding hydrogens is 340 g/mol. The van der Waals surface area contributed by atoms with Gasteiger partial charge in [0.1, 0.15) is 17.5 Å². The molecule has 0 aromatic heterocycles. The zero-order valence-corrected chi connectivity index (χ0v) is 15.0. The summed E-state index contributed by atoms with van der Waals surface area (Å²) in [6.07, 6.45) is 0.337. The van der Waals surface area contributed by atoms with Gasteiger partial charge in [0.2, 0.25) is 15.9 Å². The first-order valence-electron chi connectivity index (χ1n) is 7.92. The number of rotatable bonds is 8. The van der Waals surface area contributed by atoms with Gasteiger partial charge in [-0.1, -0.05) is 32.0 Å². The molecule has 25 heavy (non-hydrogen) atoms. The Morgan fingerprint density at radius 2 is 1.60 bits per heavy atom. The van der Waals surface area contributed by atoms with Crippen molar-refractivity contribution < 1.29 is 17.9 Å². The van der Waals surface area contributed by atoms with Crippen molar-refractivity contribution in [2.75, 3.05) is 0 Å². The van der Waals surface area contributed by atoms with Crippen LogP contribution in [0.15, 0.2) is 59.5 Å². The molecule has 0 heterocycles. The predicted molar refractivity (Wildman–Crippen MR) is 95.7 cm³/mol. The molecule has 0 aliphatic rings. The third-order valence-corrected chi connectivity index (χ3v) is 4.95. The molecule has 0 radical (unpaired) electrons. The monoisotopic (exact) mass is 362 g/mol. The lowest BCUT2D eigenvalue weighted by Gasteiger charge is -2.17. The van der Waals surface area contributed by atoms with Crippen molar-refractivity contribution in [2.45, 2.75) is 31.2 Å². The molecule has 0 fully saturated rings. The average Bonchev–Trinajstić information content (AvgIpc) is 2.55. The van der Waals surface area contributed by atoms with Crippen LogP contribution in [0.2, 0.25) is 0 Å². The summed E-state index contributed by atoms with van der Waals surface area (Å²) in [4.78, 5) is 11.5. The van der Waals surface area contributed by atoms with E-state index in [1.165, 1.54) is 12.1 Å². The van der Waals surface area contributed by atoms with Crippen molar-refractivity contribution >= 4 is 15.9 Å². The van der Waals surface area contributed by atoms with Gasteiger partial charge in [-0.05, 0) is 48.7 Å². The number of nitrogens with two attached hydrogens (primary N) is 1. The normalized spacial score (nSPS) is 12.8. The summed E-state index contributed by atoms with van der Waals surface area (Å²) in [5, 5.41) is 0. The van der Waals surface area contributed by atoms with Crippen molar-refractivity contribution in [3.8, 4) is 11.5 Å². The second kappa shape index (κ2) is 8.13. The van der Waals surface area contributed by atoms with Gasteiger partial charge < -0.3 is 10.5 Å². The molecule has 2 rings (SSSR count). The quantitative estimate of drug-likeness (QED) is 0.754. The van der Waals surface area contributed by atoms with Gasteiger partial charge >= 0.3 is 0 Å². The van der Waals surface area contributed by atoms with E-state index in [0.29, 0.717) is 17.9 Å². The number of hydrogen-bond donors (Lipinski definition) is 2. The van der Waals surface area contributed by atoms with Gasteiger partial charge in [-0.25, -0.2) is 8.42 Å². The van der Waals surface area contributed by atoms with Crippen LogP contribution in [0.1, 0.15) is 20.3 Å².